The summed E-state index contributed by atoms with van der Waals surface area (Å²) in [7, 11) is -1.27. The molecule has 0 N–H and O–H groups in total. The number of sulfonamides is 1. The molecule has 0 spiro atoms. The van der Waals surface area contributed by atoms with Crippen LogP contribution in [0.15, 0.2) is 0 Å². The molecule has 0 aromatic rings. The summed E-state index contributed by atoms with van der Waals surface area (Å²) in [6.45, 7) is 5.88. The van der Waals surface area contributed by atoms with Gasteiger partial charge in [0, 0.05) is 32.6 Å². The summed E-state index contributed by atoms with van der Waals surface area (Å²) in [5, 5.41) is 0. The van der Waals surface area contributed by atoms with Crippen LogP contribution >= 0.6 is 0 Å². The molecule has 1 amide bonds. The Kier molecular flexibility index (Phi) is 7.66. The molecule has 1 aliphatic rings. The molecule has 21 heavy (non-hydrogen) atoms. The van der Waals surface area contributed by atoms with Crippen molar-refractivity contribution >= 4 is 15.9 Å². The van der Waals surface area contributed by atoms with Crippen molar-refractivity contribution in [2.75, 3.05) is 32.4 Å². The van der Waals surface area contributed by atoms with Gasteiger partial charge in [-0.2, -0.15) is 0 Å². The predicted molar refractivity (Wildman–Crippen MR) is 85.5 cm³/mol. The lowest BCUT2D eigenvalue weighted by Gasteiger charge is -2.32. The van der Waals surface area contributed by atoms with Crippen LogP contribution < -0.4 is 0 Å². The Hall–Kier alpha value is -0.620. The van der Waals surface area contributed by atoms with Crippen LogP contribution in [0.4, 0.5) is 0 Å². The second-order valence-corrected chi connectivity index (χ2v) is 8.04. The highest BCUT2D eigenvalue weighted by molar-refractivity contribution is 7.89. The van der Waals surface area contributed by atoms with Crippen molar-refractivity contribution in [3.05, 3.63) is 0 Å². The van der Waals surface area contributed by atoms with Crippen LogP contribution in [0.1, 0.15) is 52.4 Å². The maximum absolute atomic E-state index is 12.3. The van der Waals surface area contributed by atoms with Crippen LogP contribution in [0.25, 0.3) is 0 Å². The summed E-state index contributed by atoms with van der Waals surface area (Å²) in [6.07, 6.45) is 5.00. The van der Waals surface area contributed by atoms with Gasteiger partial charge in [-0.25, -0.2) is 12.7 Å². The Labute approximate surface area is 129 Å². The number of rotatable bonds is 8. The third kappa shape index (κ3) is 5.58. The Bertz CT molecular complexity index is 415. The first-order chi connectivity index (χ1) is 9.92. The minimum Gasteiger partial charge on any atom is -0.346 e. The molecular formula is C15H30N2O3S. The summed E-state index contributed by atoms with van der Waals surface area (Å²) >= 11 is 0. The molecule has 1 rings (SSSR count). The van der Waals surface area contributed by atoms with E-state index in [1.165, 1.54) is 0 Å². The SMILES string of the molecule is CCCCN(C)C(=O)C1CCN(S(=O)(=O)CCCC)CC1. The standard InChI is InChI=1S/C15H30N2O3S/c1-4-6-10-16(3)15(18)14-8-11-17(12-9-14)21(19,20)13-7-5-2/h14H,4-13H2,1-3H3. The van der Waals surface area contributed by atoms with Crippen molar-refractivity contribution in [2.24, 2.45) is 5.92 Å². The molecular weight excluding hydrogens is 288 g/mol. The van der Waals surface area contributed by atoms with E-state index in [0.717, 1.165) is 25.8 Å². The van der Waals surface area contributed by atoms with E-state index in [1.54, 1.807) is 9.21 Å². The molecule has 1 saturated heterocycles. The topological polar surface area (TPSA) is 57.7 Å². The molecule has 0 saturated carbocycles. The average molecular weight is 318 g/mol. The van der Waals surface area contributed by atoms with Crippen LogP contribution in [0.2, 0.25) is 0 Å². The zero-order valence-corrected chi connectivity index (χ0v) is 14.5. The van der Waals surface area contributed by atoms with Crippen molar-refractivity contribution in [3.8, 4) is 0 Å². The van der Waals surface area contributed by atoms with Gasteiger partial charge in [0.15, 0.2) is 0 Å². The molecule has 0 unspecified atom stereocenters. The normalized spacial score (nSPS) is 17.9. The highest BCUT2D eigenvalue weighted by Gasteiger charge is 2.31. The predicted octanol–water partition coefficient (Wildman–Crippen LogP) is 2.09. The fraction of sp³-hybridized carbons (Fsp3) is 0.933. The molecule has 6 heteroatoms. The summed E-state index contributed by atoms with van der Waals surface area (Å²) in [4.78, 5) is 14.1. The fourth-order valence-corrected chi connectivity index (χ4v) is 4.33. The second kappa shape index (κ2) is 8.73. The van der Waals surface area contributed by atoms with Gasteiger partial charge < -0.3 is 4.90 Å². The lowest BCUT2D eigenvalue weighted by atomic mass is 9.96. The minimum atomic E-state index is -3.12. The largest absolute Gasteiger partial charge is 0.346 e. The average Bonchev–Trinajstić information content (AvgIpc) is 2.50. The van der Waals surface area contributed by atoms with Crippen LogP contribution in [-0.4, -0.2) is 56.0 Å². The summed E-state index contributed by atoms with van der Waals surface area (Å²) in [6, 6.07) is 0. The van der Waals surface area contributed by atoms with Crippen molar-refractivity contribution in [3.63, 3.8) is 0 Å². The number of amides is 1. The third-order valence-corrected chi connectivity index (χ3v) is 6.13. The minimum absolute atomic E-state index is 0.00974. The zero-order valence-electron chi connectivity index (χ0n) is 13.7. The Morgan fingerprint density at radius 2 is 1.71 bits per heavy atom. The maximum atomic E-state index is 12.3. The highest BCUT2D eigenvalue weighted by atomic mass is 32.2. The number of carbonyl (C=O) groups is 1. The number of piperidine rings is 1. The highest BCUT2D eigenvalue weighted by Crippen LogP contribution is 2.22. The monoisotopic (exact) mass is 318 g/mol. The third-order valence-electron chi connectivity index (χ3n) is 4.18. The van der Waals surface area contributed by atoms with E-state index in [1.807, 2.05) is 14.0 Å². The smallest absolute Gasteiger partial charge is 0.225 e. The summed E-state index contributed by atoms with van der Waals surface area (Å²) < 4.78 is 25.8. The van der Waals surface area contributed by atoms with Gasteiger partial charge in [-0.15, -0.1) is 0 Å². The molecule has 1 aliphatic heterocycles. The zero-order chi connectivity index (χ0) is 15.9. The molecule has 1 heterocycles. The molecule has 0 atom stereocenters. The van der Waals surface area contributed by atoms with Crippen LogP contribution in [0.5, 0.6) is 0 Å². The molecule has 0 radical (unpaired) electrons. The van der Waals surface area contributed by atoms with E-state index in [4.69, 9.17) is 0 Å². The van der Waals surface area contributed by atoms with E-state index in [2.05, 4.69) is 6.92 Å². The van der Waals surface area contributed by atoms with Crippen LogP contribution in [0, 0.1) is 5.92 Å². The van der Waals surface area contributed by atoms with E-state index in [9.17, 15) is 13.2 Å². The first-order valence-corrected chi connectivity index (χ1v) is 9.76. The van der Waals surface area contributed by atoms with Crippen LogP contribution in [0.3, 0.4) is 0 Å². The van der Waals surface area contributed by atoms with E-state index >= 15 is 0 Å². The lowest BCUT2D eigenvalue weighted by Crippen LogP contribution is -2.44. The quantitative estimate of drug-likeness (QED) is 0.688. The van der Waals surface area contributed by atoms with Gasteiger partial charge in [-0.3, -0.25) is 4.79 Å². The van der Waals surface area contributed by atoms with Gasteiger partial charge in [0.2, 0.25) is 15.9 Å². The van der Waals surface area contributed by atoms with Gasteiger partial charge in [0.05, 0.1) is 5.75 Å². The second-order valence-electron chi connectivity index (χ2n) is 5.96. The number of hydrogen-bond donors (Lipinski definition) is 0. The summed E-state index contributed by atoms with van der Waals surface area (Å²) in [5.41, 5.74) is 0. The lowest BCUT2D eigenvalue weighted by molar-refractivity contribution is -0.135. The molecule has 1 fully saturated rings. The molecule has 124 valence electrons. The Balaban J connectivity index is 2.46. The van der Waals surface area contributed by atoms with Gasteiger partial charge in [0.25, 0.3) is 0 Å². The van der Waals surface area contributed by atoms with Crippen molar-refractivity contribution in [2.45, 2.75) is 52.4 Å². The number of carbonyl (C=O) groups excluding carboxylic acids is 1. The fourth-order valence-electron chi connectivity index (χ4n) is 2.65. The molecule has 5 nitrogen and oxygen atoms in total. The van der Waals surface area contributed by atoms with Crippen LogP contribution in [-0.2, 0) is 14.8 Å². The van der Waals surface area contributed by atoms with Crippen molar-refractivity contribution in [1.82, 2.24) is 9.21 Å². The van der Waals surface area contributed by atoms with Gasteiger partial charge in [0.1, 0.15) is 0 Å². The summed E-state index contributed by atoms with van der Waals surface area (Å²) in [5.74, 6) is 0.400. The van der Waals surface area contributed by atoms with Gasteiger partial charge in [-0.05, 0) is 25.7 Å². The first kappa shape index (κ1) is 18.4. The Morgan fingerprint density at radius 3 is 2.24 bits per heavy atom. The Morgan fingerprint density at radius 1 is 1.14 bits per heavy atom. The van der Waals surface area contributed by atoms with E-state index in [-0.39, 0.29) is 17.6 Å². The molecule has 0 aromatic heterocycles. The van der Waals surface area contributed by atoms with Gasteiger partial charge >= 0.3 is 0 Å². The number of unbranched alkanes of at least 4 members (excludes halogenated alkanes) is 2. The molecule has 0 bridgehead atoms. The maximum Gasteiger partial charge on any atom is 0.225 e. The van der Waals surface area contributed by atoms with E-state index in [0.29, 0.717) is 32.4 Å². The molecule has 0 aliphatic carbocycles. The van der Waals surface area contributed by atoms with Gasteiger partial charge in [-0.1, -0.05) is 26.7 Å². The number of hydrogen-bond acceptors (Lipinski definition) is 3. The number of nitrogens with zero attached hydrogens (tertiary/aromatic N) is 2. The first-order valence-electron chi connectivity index (χ1n) is 8.15. The van der Waals surface area contributed by atoms with Crippen molar-refractivity contribution in [1.29, 1.82) is 0 Å². The van der Waals surface area contributed by atoms with E-state index < -0.39 is 10.0 Å². The van der Waals surface area contributed by atoms with Crippen molar-refractivity contribution < 1.29 is 13.2 Å². The molecule has 0 aromatic carbocycles.